The van der Waals surface area contributed by atoms with Crippen molar-refractivity contribution in [3.63, 3.8) is 0 Å². The van der Waals surface area contributed by atoms with Gasteiger partial charge in [0.15, 0.2) is 5.76 Å². The summed E-state index contributed by atoms with van der Waals surface area (Å²) >= 11 is 0. The molecule has 3 aromatic rings. The van der Waals surface area contributed by atoms with Crippen molar-refractivity contribution in [2.45, 2.75) is 6.42 Å². The van der Waals surface area contributed by atoms with Gasteiger partial charge in [-0.2, -0.15) is 5.10 Å². The number of nitrogens with zero attached hydrogens (tertiary/aromatic N) is 1. The van der Waals surface area contributed by atoms with E-state index in [1.165, 1.54) is 12.3 Å². The maximum absolute atomic E-state index is 12.1. The molecule has 3 amide bonds. The molecule has 27 heavy (non-hydrogen) atoms. The number of aromatic amines is 1. The topological polar surface area (TPSA) is 129 Å². The zero-order valence-corrected chi connectivity index (χ0v) is 14.2. The van der Waals surface area contributed by atoms with Gasteiger partial charge in [0.25, 0.3) is 11.8 Å². The molecule has 0 fully saturated rings. The minimum atomic E-state index is -0.530. The second-order valence-electron chi connectivity index (χ2n) is 5.52. The molecule has 0 atom stereocenters. The lowest BCUT2D eigenvalue weighted by Gasteiger charge is -2.06. The number of amides is 3. The van der Waals surface area contributed by atoms with Crippen molar-refractivity contribution in [3.05, 3.63) is 66.2 Å². The van der Waals surface area contributed by atoms with Gasteiger partial charge in [-0.1, -0.05) is 30.3 Å². The van der Waals surface area contributed by atoms with Crippen LogP contribution in [0.5, 0.6) is 0 Å². The van der Waals surface area contributed by atoms with Crippen molar-refractivity contribution in [1.29, 1.82) is 0 Å². The summed E-state index contributed by atoms with van der Waals surface area (Å²) in [5.74, 6) is -1.23. The third-order valence-corrected chi connectivity index (χ3v) is 3.59. The molecule has 9 nitrogen and oxygen atoms in total. The number of hydrogen-bond acceptors (Lipinski definition) is 5. The maximum atomic E-state index is 12.1. The SMILES string of the molecule is O=C(CCNC(=O)c1ccco1)NNC(=O)c1cc(-c2ccccc2)n[nH]1. The van der Waals surface area contributed by atoms with Crippen LogP contribution in [-0.4, -0.2) is 34.5 Å². The fraction of sp³-hybridized carbons (Fsp3) is 0.111. The molecule has 3 rings (SSSR count). The number of H-pyrrole nitrogens is 1. The van der Waals surface area contributed by atoms with Crippen LogP contribution in [0, 0.1) is 0 Å². The van der Waals surface area contributed by atoms with Gasteiger partial charge in [-0.25, -0.2) is 0 Å². The predicted molar refractivity (Wildman–Crippen MR) is 95.3 cm³/mol. The summed E-state index contributed by atoms with van der Waals surface area (Å²) in [5.41, 5.74) is 6.26. The monoisotopic (exact) mass is 367 g/mol. The van der Waals surface area contributed by atoms with Crippen LogP contribution in [-0.2, 0) is 4.79 Å². The molecule has 0 aliphatic carbocycles. The quantitative estimate of drug-likeness (QED) is 0.487. The smallest absolute Gasteiger partial charge is 0.287 e. The first-order valence-corrected chi connectivity index (χ1v) is 8.15. The van der Waals surface area contributed by atoms with E-state index in [2.05, 4.69) is 26.4 Å². The maximum Gasteiger partial charge on any atom is 0.287 e. The number of carbonyl (C=O) groups excluding carboxylic acids is 3. The first kappa shape index (κ1) is 17.9. The summed E-state index contributed by atoms with van der Waals surface area (Å²) in [6.07, 6.45) is 1.38. The van der Waals surface area contributed by atoms with Crippen LogP contribution in [0.25, 0.3) is 11.3 Å². The Morgan fingerprint density at radius 2 is 1.81 bits per heavy atom. The first-order chi connectivity index (χ1) is 13.1. The van der Waals surface area contributed by atoms with Crippen LogP contribution in [0.1, 0.15) is 27.5 Å². The van der Waals surface area contributed by atoms with Crippen molar-refractivity contribution in [1.82, 2.24) is 26.4 Å². The molecule has 9 heteroatoms. The molecule has 0 aliphatic heterocycles. The number of aromatic nitrogens is 2. The number of nitrogens with one attached hydrogen (secondary N) is 4. The van der Waals surface area contributed by atoms with Crippen LogP contribution < -0.4 is 16.2 Å². The number of rotatable bonds is 6. The minimum Gasteiger partial charge on any atom is -0.459 e. The lowest BCUT2D eigenvalue weighted by molar-refractivity contribution is -0.121. The Labute approximate surface area is 154 Å². The van der Waals surface area contributed by atoms with Gasteiger partial charge in [-0.15, -0.1) is 0 Å². The molecule has 1 aromatic carbocycles. The number of hydrazine groups is 1. The summed E-state index contributed by atoms with van der Waals surface area (Å²) < 4.78 is 4.94. The summed E-state index contributed by atoms with van der Waals surface area (Å²) in [5, 5.41) is 9.23. The first-order valence-electron chi connectivity index (χ1n) is 8.15. The van der Waals surface area contributed by atoms with Crippen LogP contribution in [0.3, 0.4) is 0 Å². The highest BCUT2D eigenvalue weighted by Gasteiger charge is 2.12. The zero-order valence-electron chi connectivity index (χ0n) is 14.2. The Hall–Kier alpha value is -3.88. The van der Waals surface area contributed by atoms with E-state index in [-0.39, 0.29) is 24.4 Å². The third kappa shape index (κ3) is 4.82. The van der Waals surface area contributed by atoms with Gasteiger partial charge < -0.3 is 9.73 Å². The van der Waals surface area contributed by atoms with E-state index in [0.29, 0.717) is 5.69 Å². The van der Waals surface area contributed by atoms with E-state index >= 15 is 0 Å². The Bertz CT molecular complexity index is 918. The Morgan fingerprint density at radius 3 is 2.56 bits per heavy atom. The fourth-order valence-corrected chi connectivity index (χ4v) is 2.24. The van der Waals surface area contributed by atoms with Gasteiger partial charge in [0.2, 0.25) is 5.91 Å². The van der Waals surface area contributed by atoms with Crippen molar-refractivity contribution >= 4 is 17.7 Å². The highest BCUT2D eigenvalue weighted by atomic mass is 16.3. The molecule has 0 spiro atoms. The number of benzene rings is 1. The standard InChI is InChI=1S/C18H17N5O4/c24-16(8-9-19-18(26)15-7-4-10-27-15)22-23-17(25)14-11-13(20-21-14)12-5-2-1-3-6-12/h1-7,10-11H,8-9H2,(H,19,26)(H,20,21)(H,22,24)(H,23,25). The third-order valence-electron chi connectivity index (χ3n) is 3.59. The van der Waals surface area contributed by atoms with Gasteiger partial charge >= 0.3 is 0 Å². The van der Waals surface area contributed by atoms with E-state index in [0.717, 1.165) is 5.56 Å². The molecule has 138 valence electrons. The Balaban J connectivity index is 1.42. The molecule has 4 N–H and O–H groups in total. The molecule has 0 saturated heterocycles. The molecule has 2 heterocycles. The zero-order chi connectivity index (χ0) is 19.1. The van der Waals surface area contributed by atoms with Crippen LogP contribution in [0.2, 0.25) is 0 Å². The van der Waals surface area contributed by atoms with E-state index in [1.807, 2.05) is 30.3 Å². The largest absolute Gasteiger partial charge is 0.459 e. The van der Waals surface area contributed by atoms with E-state index in [9.17, 15) is 14.4 Å². The van der Waals surface area contributed by atoms with Gasteiger partial charge in [-0.05, 0) is 18.2 Å². The van der Waals surface area contributed by atoms with Gasteiger partial charge in [0.1, 0.15) is 5.69 Å². The van der Waals surface area contributed by atoms with E-state index in [4.69, 9.17) is 4.42 Å². The molecule has 0 saturated carbocycles. The molecule has 2 aromatic heterocycles. The van der Waals surface area contributed by atoms with Crippen LogP contribution in [0.4, 0.5) is 0 Å². The number of carbonyl (C=O) groups is 3. The number of furan rings is 1. The van der Waals surface area contributed by atoms with Crippen molar-refractivity contribution in [2.75, 3.05) is 6.54 Å². The summed E-state index contributed by atoms with van der Waals surface area (Å²) in [4.78, 5) is 35.4. The van der Waals surface area contributed by atoms with Crippen molar-refractivity contribution < 1.29 is 18.8 Å². The highest BCUT2D eigenvalue weighted by molar-refractivity contribution is 5.95. The van der Waals surface area contributed by atoms with Crippen LogP contribution in [0.15, 0.2) is 59.2 Å². The second kappa shape index (κ2) is 8.48. The van der Waals surface area contributed by atoms with Gasteiger partial charge in [0.05, 0.1) is 12.0 Å². The van der Waals surface area contributed by atoms with Gasteiger partial charge in [0, 0.05) is 18.5 Å². The highest BCUT2D eigenvalue weighted by Crippen LogP contribution is 2.16. The predicted octanol–water partition coefficient (Wildman–Crippen LogP) is 1.25. The Morgan fingerprint density at radius 1 is 1.00 bits per heavy atom. The average Bonchev–Trinajstić information content (AvgIpc) is 3.38. The molecular weight excluding hydrogens is 350 g/mol. The lowest BCUT2D eigenvalue weighted by atomic mass is 10.1. The summed E-state index contributed by atoms with van der Waals surface area (Å²) in [7, 11) is 0. The van der Waals surface area contributed by atoms with Crippen molar-refractivity contribution in [2.24, 2.45) is 0 Å². The van der Waals surface area contributed by atoms with E-state index in [1.54, 1.807) is 12.1 Å². The normalized spacial score (nSPS) is 10.2. The average molecular weight is 367 g/mol. The molecule has 0 aliphatic rings. The fourth-order valence-electron chi connectivity index (χ4n) is 2.24. The Kier molecular flexibility index (Phi) is 5.63. The lowest BCUT2D eigenvalue weighted by Crippen LogP contribution is -2.43. The van der Waals surface area contributed by atoms with E-state index < -0.39 is 17.7 Å². The molecule has 0 bridgehead atoms. The van der Waals surface area contributed by atoms with Crippen LogP contribution >= 0.6 is 0 Å². The molecule has 0 radical (unpaired) electrons. The second-order valence-corrected chi connectivity index (χ2v) is 5.52. The summed E-state index contributed by atoms with van der Waals surface area (Å²) in [6, 6.07) is 14.1. The number of hydrogen-bond donors (Lipinski definition) is 4. The minimum absolute atomic E-state index is 0.00896. The van der Waals surface area contributed by atoms with Gasteiger partial charge in [-0.3, -0.25) is 30.3 Å². The molecule has 0 unspecified atom stereocenters. The van der Waals surface area contributed by atoms with Crippen molar-refractivity contribution in [3.8, 4) is 11.3 Å². The molecular formula is C18H17N5O4. The summed E-state index contributed by atoms with van der Waals surface area (Å²) in [6.45, 7) is 0.101.